The van der Waals surface area contributed by atoms with Crippen LogP contribution in [0.5, 0.6) is 5.75 Å². The second-order valence-corrected chi connectivity index (χ2v) is 12.4. The number of methoxy groups -OCH3 is 1. The van der Waals surface area contributed by atoms with Crippen molar-refractivity contribution in [1.82, 2.24) is 15.5 Å². The minimum Gasteiger partial charge on any atom is -0.496 e. The monoisotopic (exact) mass is 542 g/mol. The molecule has 2 aromatic rings. The summed E-state index contributed by atoms with van der Waals surface area (Å²) in [6.07, 6.45) is 9.14. The molecule has 2 saturated heterocycles. The molecule has 0 radical (unpaired) electrons. The number of piperidine rings is 2. The number of benzene rings is 2. The molecule has 0 spiro atoms. The Balaban J connectivity index is 1.52. The number of nitriles is 1. The molecule has 214 valence electrons. The van der Waals surface area contributed by atoms with Gasteiger partial charge in [-0.2, -0.15) is 5.26 Å². The van der Waals surface area contributed by atoms with Gasteiger partial charge in [-0.15, -0.1) is 0 Å². The Morgan fingerprint density at radius 2 is 1.93 bits per heavy atom. The number of nitrogens with zero attached hydrogens (tertiary/aromatic N) is 2. The van der Waals surface area contributed by atoms with E-state index >= 15 is 0 Å². The first-order chi connectivity index (χ1) is 19.5. The van der Waals surface area contributed by atoms with Crippen LogP contribution in [0.15, 0.2) is 42.5 Å². The van der Waals surface area contributed by atoms with Gasteiger partial charge >= 0.3 is 0 Å². The van der Waals surface area contributed by atoms with E-state index in [1.807, 2.05) is 19.2 Å². The number of carbonyl (C=O) groups excluding carboxylic acids is 1. The highest BCUT2D eigenvalue weighted by atomic mass is 16.5. The van der Waals surface area contributed by atoms with Crippen LogP contribution in [-0.2, 0) is 16.8 Å². The first-order valence-corrected chi connectivity index (χ1v) is 15.3. The molecule has 3 aliphatic rings. The summed E-state index contributed by atoms with van der Waals surface area (Å²) in [6, 6.07) is 17.4. The fourth-order valence-electron chi connectivity index (χ4n) is 8.04. The summed E-state index contributed by atoms with van der Waals surface area (Å²) >= 11 is 0. The van der Waals surface area contributed by atoms with Gasteiger partial charge in [-0.1, -0.05) is 56.5 Å². The van der Waals surface area contributed by atoms with Crippen molar-refractivity contribution >= 4 is 5.91 Å². The number of ether oxygens (including phenoxy) is 1. The van der Waals surface area contributed by atoms with Crippen LogP contribution in [-0.4, -0.2) is 50.6 Å². The molecule has 2 heterocycles. The molecule has 2 N–H and O–H groups in total. The van der Waals surface area contributed by atoms with Gasteiger partial charge in [-0.05, 0) is 80.8 Å². The van der Waals surface area contributed by atoms with Gasteiger partial charge in [0.1, 0.15) is 5.75 Å². The SMILES string of the molecule is CNCc1c(OC)ccc(C#N)c1C1(C)CCNCC1C(=O)N1CCC(c2ccccc2)CC1C1CCCCC1. The lowest BCUT2D eigenvalue weighted by Crippen LogP contribution is -2.58. The summed E-state index contributed by atoms with van der Waals surface area (Å²) in [6.45, 7) is 5.07. The highest BCUT2D eigenvalue weighted by Crippen LogP contribution is 2.46. The van der Waals surface area contributed by atoms with Crippen LogP contribution in [0, 0.1) is 23.2 Å². The zero-order chi connectivity index (χ0) is 28.1. The molecular formula is C34H46N4O2. The van der Waals surface area contributed by atoms with Crippen molar-refractivity contribution in [3.05, 3.63) is 64.7 Å². The Morgan fingerprint density at radius 1 is 1.15 bits per heavy atom. The summed E-state index contributed by atoms with van der Waals surface area (Å²) in [5.74, 6) is 1.87. The highest BCUT2D eigenvalue weighted by Gasteiger charge is 2.49. The number of likely N-dealkylation sites (tertiary alicyclic amines) is 1. The summed E-state index contributed by atoms with van der Waals surface area (Å²) in [7, 11) is 3.60. The number of carbonyl (C=O) groups is 1. The first kappa shape index (κ1) is 28.6. The Morgan fingerprint density at radius 3 is 2.62 bits per heavy atom. The molecular weight excluding hydrogens is 496 g/mol. The van der Waals surface area contributed by atoms with Gasteiger partial charge < -0.3 is 20.3 Å². The molecule has 40 heavy (non-hydrogen) atoms. The van der Waals surface area contributed by atoms with Crippen molar-refractivity contribution in [3.8, 4) is 11.8 Å². The van der Waals surface area contributed by atoms with E-state index in [0.717, 1.165) is 49.2 Å². The Hall–Kier alpha value is -2.88. The minimum atomic E-state index is -0.471. The van der Waals surface area contributed by atoms with Crippen molar-refractivity contribution in [2.75, 3.05) is 33.8 Å². The van der Waals surface area contributed by atoms with E-state index in [-0.39, 0.29) is 17.9 Å². The number of amides is 1. The second-order valence-electron chi connectivity index (χ2n) is 12.4. The average molecular weight is 543 g/mol. The second kappa shape index (κ2) is 12.7. The van der Waals surface area contributed by atoms with E-state index in [4.69, 9.17) is 4.74 Å². The maximum absolute atomic E-state index is 14.8. The van der Waals surface area contributed by atoms with Gasteiger partial charge in [-0.25, -0.2) is 0 Å². The fraction of sp³-hybridized carbons (Fsp3) is 0.588. The molecule has 4 unspecified atom stereocenters. The summed E-state index contributed by atoms with van der Waals surface area (Å²) in [4.78, 5) is 17.1. The Bertz CT molecular complexity index is 1200. The van der Waals surface area contributed by atoms with Gasteiger partial charge in [0, 0.05) is 36.7 Å². The molecule has 3 fully saturated rings. The predicted molar refractivity (Wildman–Crippen MR) is 159 cm³/mol. The maximum Gasteiger partial charge on any atom is 0.228 e. The van der Waals surface area contributed by atoms with E-state index in [2.05, 4.69) is 58.9 Å². The van der Waals surface area contributed by atoms with Crippen LogP contribution in [0.2, 0.25) is 0 Å². The van der Waals surface area contributed by atoms with Crippen molar-refractivity contribution in [1.29, 1.82) is 5.26 Å². The van der Waals surface area contributed by atoms with Gasteiger partial charge in [0.25, 0.3) is 0 Å². The standard InChI is InChI=1S/C34H46N4O2/c1-34(32-27(21-35)14-15-31(40-3)28(32)22-36-2)17-18-37-23-29(34)33(39)38-19-16-26(24-10-6-4-7-11-24)20-30(38)25-12-8-5-9-13-25/h4,6-7,10-11,14-15,25-26,29-30,36-37H,5,8-9,12-13,16-20,22-23H2,1-3H3. The van der Waals surface area contributed by atoms with E-state index in [9.17, 15) is 10.1 Å². The van der Waals surface area contributed by atoms with Gasteiger partial charge in [0.15, 0.2) is 0 Å². The van der Waals surface area contributed by atoms with Crippen molar-refractivity contribution in [3.63, 3.8) is 0 Å². The van der Waals surface area contributed by atoms with Crippen LogP contribution >= 0.6 is 0 Å². The lowest BCUT2D eigenvalue weighted by atomic mass is 9.64. The Kier molecular flexibility index (Phi) is 9.13. The molecule has 1 aliphatic carbocycles. The van der Waals surface area contributed by atoms with Crippen LogP contribution < -0.4 is 15.4 Å². The summed E-state index contributed by atoms with van der Waals surface area (Å²) < 4.78 is 5.78. The van der Waals surface area contributed by atoms with Crippen molar-refractivity contribution in [2.24, 2.45) is 11.8 Å². The van der Waals surface area contributed by atoms with Gasteiger partial charge in [-0.3, -0.25) is 4.79 Å². The number of hydrogen-bond donors (Lipinski definition) is 2. The Labute approximate surface area is 240 Å². The van der Waals surface area contributed by atoms with Crippen LogP contribution in [0.25, 0.3) is 0 Å². The topological polar surface area (TPSA) is 77.4 Å². The van der Waals surface area contributed by atoms with Gasteiger partial charge in [0.05, 0.1) is 24.7 Å². The third kappa shape index (κ3) is 5.51. The third-order valence-electron chi connectivity index (χ3n) is 10.2. The van der Waals surface area contributed by atoms with E-state index in [1.165, 1.54) is 37.7 Å². The van der Waals surface area contributed by atoms with E-state index in [0.29, 0.717) is 30.5 Å². The summed E-state index contributed by atoms with van der Waals surface area (Å²) in [5, 5.41) is 17.1. The third-order valence-corrected chi connectivity index (χ3v) is 10.2. The lowest BCUT2D eigenvalue weighted by Gasteiger charge is -2.49. The summed E-state index contributed by atoms with van der Waals surface area (Å²) in [5.41, 5.74) is 3.57. The average Bonchev–Trinajstić information content (AvgIpc) is 3.01. The number of rotatable bonds is 7. The van der Waals surface area contributed by atoms with Crippen LogP contribution in [0.3, 0.4) is 0 Å². The smallest absolute Gasteiger partial charge is 0.228 e. The number of nitrogens with one attached hydrogen (secondary N) is 2. The molecule has 2 aromatic carbocycles. The lowest BCUT2D eigenvalue weighted by molar-refractivity contribution is -0.144. The molecule has 1 amide bonds. The zero-order valence-electron chi connectivity index (χ0n) is 24.5. The molecule has 6 nitrogen and oxygen atoms in total. The zero-order valence-corrected chi connectivity index (χ0v) is 24.5. The molecule has 0 aromatic heterocycles. The van der Waals surface area contributed by atoms with Crippen LogP contribution in [0.4, 0.5) is 0 Å². The van der Waals surface area contributed by atoms with E-state index in [1.54, 1.807) is 7.11 Å². The van der Waals surface area contributed by atoms with Gasteiger partial charge in [0.2, 0.25) is 5.91 Å². The predicted octanol–water partition coefficient (Wildman–Crippen LogP) is 5.51. The normalized spacial score (nSPS) is 27.6. The minimum absolute atomic E-state index is 0.240. The quantitative estimate of drug-likeness (QED) is 0.483. The molecule has 2 aliphatic heterocycles. The number of hydrogen-bond acceptors (Lipinski definition) is 5. The van der Waals surface area contributed by atoms with E-state index < -0.39 is 5.41 Å². The molecule has 6 heteroatoms. The highest BCUT2D eigenvalue weighted by molar-refractivity contribution is 5.82. The largest absolute Gasteiger partial charge is 0.496 e. The maximum atomic E-state index is 14.8. The fourth-order valence-corrected chi connectivity index (χ4v) is 8.04. The molecule has 5 rings (SSSR count). The molecule has 0 bridgehead atoms. The first-order valence-electron chi connectivity index (χ1n) is 15.3. The molecule has 4 atom stereocenters. The molecule has 1 saturated carbocycles. The van der Waals surface area contributed by atoms with Crippen molar-refractivity contribution in [2.45, 2.75) is 82.2 Å². The van der Waals surface area contributed by atoms with Crippen LogP contribution in [0.1, 0.15) is 86.5 Å². The van der Waals surface area contributed by atoms with Crippen molar-refractivity contribution < 1.29 is 9.53 Å².